The van der Waals surface area contributed by atoms with Crippen molar-refractivity contribution >= 4 is 5.91 Å². The molecule has 0 atom stereocenters. The third kappa shape index (κ3) is 1.95. The van der Waals surface area contributed by atoms with Crippen molar-refractivity contribution in [3.05, 3.63) is 17.0 Å². The summed E-state index contributed by atoms with van der Waals surface area (Å²) in [6.07, 6.45) is 0.727. The van der Waals surface area contributed by atoms with E-state index in [0.717, 1.165) is 38.3 Å². The summed E-state index contributed by atoms with van der Waals surface area (Å²) in [5, 5.41) is 7.14. The molecule has 0 saturated carbocycles. The van der Waals surface area contributed by atoms with Gasteiger partial charge in [-0.05, 0) is 13.3 Å². The Labute approximate surface area is 94.8 Å². The minimum absolute atomic E-state index is 0.0529. The quantitative estimate of drug-likeness (QED) is 0.797. The van der Waals surface area contributed by atoms with Gasteiger partial charge < -0.3 is 14.7 Å². The zero-order chi connectivity index (χ0) is 11.5. The summed E-state index contributed by atoms with van der Waals surface area (Å²) in [6, 6.07) is 0. The molecule has 1 amide bonds. The summed E-state index contributed by atoms with van der Waals surface area (Å²) < 4.78 is 5.09. The second-order valence-corrected chi connectivity index (χ2v) is 3.96. The van der Waals surface area contributed by atoms with E-state index in [0.29, 0.717) is 11.3 Å². The van der Waals surface area contributed by atoms with Gasteiger partial charge in [-0.3, -0.25) is 4.79 Å². The summed E-state index contributed by atoms with van der Waals surface area (Å²) >= 11 is 0. The molecule has 1 aliphatic heterocycles. The van der Waals surface area contributed by atoms with Crippen molar-refractivity contribution in [1.29, 1.82) is 0 Å². The molecule has 0 aliphatic carbocycles. The standard InChI is InChI=1S/C11H17N3O2/c1-3-9-10(8(2)16-13-9)11(15)14-6-4-12-5-7-14/h12H,3-7H2,1-2H3. The number of nitrogens with zero attached hydrogens (tertiary/aromatic N) is 2. The van der Waals surface area contributed by atoms with Gasteiger partial charge in [-0.15, -0.1) is 0 Å². The van der Waals surface area contributed by atoms with Crippen LogP contribution in [0.15, 0.2) is 4.52 Å². The first-order valence-corrected chi connectivity index (χ1v) is 5.69. The van der Waals surface area contributed by atoms with Crippen LogP contribution in [0.25, 0.3) is 0 Å². The van der Waals surface area contributed by atoms with Gasteiger partial charge in [0.05, 0.1) is 5.69 Å². The number of aromatic nitrogens is 1. The number of aryl methyl sites for hydroxylation is 2. The van der Waals surface area contributed by atoms with Crippen LogP contribution in [0.1, 0.15) is 28.7 Å². The first kappa shape index (κ1) is 11.1. The van der Waals surface area contributed by atoms with Crippen LogP contribution in [0, 0.1) is 6.92 Å². The van der Waals surface area contributed by atoms with Crippen LogP contribution in [0.2, 0.25) is 0 Å². The monoisotopic (exact) mass is 223 g/mol. The van der Waals surface area contributed by atoms with Crippen LogP contribution < -0.4 is 5.32 Å². The number of carbonyl (C=O) groups excluding carboxylic acids is 1. The van der Waals surface area contributed by atoms with E-state index in [1.54, 1.807) is 6.92 Å². The fraction of sp³-hybridized carbons (Fsp3) is 0.636. The number of amides is 1. The Balaban J connectivity index is 2.21. The lowest BCUT2D eigenvalue weighted by atomic mass is 10.1. The summed E-state index contributed by atoms with van der Waals surface area (Å²) in [4.78, 5) is 14.1. The van der Waals surface area contributed by atoms with E-state index in [4.69, 9.17) is 4.52 Å². The number of nitrogens with one attached hydrogen (secondary N) is 1. The second kappa shape index (κ2) is 4.65. The van der Waals surface area contributed by atoms with Crippen molar-refractivity contribution < 1.29 is 9.32 Å². The zero-order valence-electron chi connectivity index (χ0n) is 9.75. The molecule has 0 radical (unpaired) electrons. The SMILES string of the molecule is CCc1noc(C)c1C(=O)N1CCNCC1. The van der Waals surface area contributed by atoms with E-state index >= 15 is 0 Å². The van der Waals surface area contributed by atoms with Gasteiger partial charge in [0.1, 0.15) is 11.3 Å². The maximum absolute atomic E-state index is 12.3. The topological polar surface area (TPSA) is 58.4 Å². The van der Waals surface area contributed by atoms with Gasteiger partial charge in [-0.2, -0.15) is 0 Å². The number of hydrogen-bond acceptors (Lipinski definition) is 4. The van der Waals surface area contributed by atoms with Gasteiger partial charge in [0.25, 0.3) is 5.91 Å². The highest BCUT2D eigenvalue weighted by molar-refractivity contribution is 5.96. The lowest BCUT2D eigenvalue weighted by molar-refractivity contribution is 0.0733. The predicted molar refractivity (Wildman–Crippen MR) is 59.4 cm³/mol. The average molecular weight is 223 g/mol. The third-order valence-corrected chi connectivity index (χ3v) is 2.89. The molecule has 0 bridgehead atoms. The molecule has 5 nitrogen and oxygen atoms in total. The highest BCUT2D eigenvalue weighted by Crippen LogP contribution is 2.16. The lowest BCUT2D eigenvalue weighted by Gasteiger charge is -2.27. The molecular formula is C11H17N3O2. The van der Waals surface area contributed by atoms with Crippen molar-refractivity contribution in [3.8, 4) is 0 Å². The van der Waals surface area contributed by atoms with Crippen LogP contribution in [-0.2, 0) is 6.42 Å². The van der Waals surface area contributed by atoms with Gasteiger partial charge >= 0.3 is 0 Å². The minimum Gasteiger partial charge on any atom is -0.361 e. The normalized spacial score (nSPS) is 16.5. The van der Waals surface area contributed by atoms with E-state index < -0.39 is 0 Å². The third-order valence-electron chi connectivity index (χ3n) is 2.89. The van der Waals surface area contributed by atoms with Crippen molar-refractivity contribution in [2.75, 3.05) is 26.2 Å². The van der Waals surface area contributed by atoms with Crippen molar-refractivity contribution in [1.82, 2.24) is 15.4 Å². The first-order chi connectivity index (χ1) is 7.74. The van der Waals surface area contributed by atoms with Crippen LogP contribution >= 0.6 is 0 Å². The van der Waals surface area contributed by atoms with Gasteiger partial charge in [-0.1, -0.05) is 12.1 Å². The second-order valence-electron chi connectivity index (χ2n) is 3.96. The molecule has 1 aromatic heterocycles. The molecule has 2 rings (SSSR count). The number of rotatable bonds is 2. The summed E-state index contributed by atoms with van der Waals surface area (Å²) in [7, 11) is 0. The molecule has 1 aromatic rings. The van der Waals surface area contributed by atoms with Crippen molar-refractivity contribution in [2.24, 2.45) is 0 Å². The molecule has 1 aliphatic rings. The van der Waals surface area contributed by atoms with E-state index in [1.165, 1.54) is 0 Å². The molecule has 1 saturated heterocycles. The van der Waals surface area contributed by atoms with Crippen molar-refractivity contribution in [3.63, 3.8) is 0 Å². The van der Waals surface area contributed by atoms with E-state index in [9.17, 15) is 4.79 Å². The first-order valence-electron chi connectivity index (χ1n) is 5.69. The van der Waals surface area contributed by atoms with E-state index in [1.807, 2.05) is 11.8 Å². The van der Waals surface area contributed by atoms with E-state index in [-0.39, 0.29) is 5.91 Å². The summed E-state index contributed by atoms with van der Waals surface area (Å²) in [5.74, 6) is 0.678. The minimum atomic E-state index is 0.0529. The summed E-state index contributed by atoms with van der Waals surface area (Å²) in [6.45, 7) is 7.00. The maximum Gasteiger partial charge on any atom is 0.259 e. The smallest absolute Gasteiger partial charge is 0.259 e. The van der Waals surface area contributed by atoms with E-state index in [2.05, 4.69) is 10.5 Å². The Morgan fingerprint density at radius 3 is 2.81 bits per heavy atom. The Morgan fingerprint density at radius 1 is 1.50 bits per heavy atom. The Morgan fingerprint density at radius 2 is 2.19 bits per heavy atom. The van der Waals surface area contributed by atoms with Crippen LogP contribution in [-0.4, -0.2) is 42.1 Å². The molecule has 1 N–H and O–H groups in total. The molecule has 0 spiro atoms. The van der Waals surface area contributed by atoms with Gasteiger partial charge in [0, 0.05) is 26.2 Å². The Hall–Kier alpha value is -1.36. The average Bonchev–Trinajstić information content (AvgIpc) is 2.70. The molecule has 1 fully saturated rings. The summed E-state index contributed by atoms with van der Waals surface area (Å²) in [5.41, 5.74) is 1.42. The van der Waals surface area contributed by atoms with Gasteiger partial charge in [0.15, 0.2) is 0 Å². The van der Waals surface area contributed by atoms with Crippen LogP contribution in [0.3, 0.4) is 0 Å². The fourth-order valence-corrected chi connectivity index (χ4v) is 1.96. The van der Waals surface area contributed by atoms with Crippen molar-refractivity contribution in [2.45, 2.75) is 20.3 Å². The molecule has 88 valence electrons. The zero-order valence-corrected chi connectivity index (χ0v) is 9.75. The highest BCUT2D eigenvalue weighted by atomic mass is 16.5. The molecule has 2 heterocycles. The largest absolute Gasteiger partial charge is 0.361 e. The number of piperazine rings is 1. The van der Waals surface area contributed by atoms with Crippen LogP contribution in [0.4, 0.5) is 0 Å². The van der Waals surface area contributed by atoms with Gasteiger partial charge in [0.2, 0.25) is 0 Å². The number of hydrogen-bond donors (Lipinski definition) is 1. The van der Waals surface area contributed by atoms with Gasteiger partial charge in [-0.25, -0.2) is 0 Å². The number of carbonyl (C=O) groups is 1. The van der Waals surface area contributed by atoms with Crippen LogP contribution in [0.5, 0.6) is 0 Å². The molecule has 16 heavy (non-hydrogen) atoms. The fourth-order valence-electron chi connectivity index (χ4n) is 1.96. The molecule has 5 heteroatoms. The molecule has 0 aromatic carbocycles. The predicted octanol–water partition coefficient (Wildman–Crippen LogP) is 0.591. The highest BCUT2D eigenvalue weighted by Gasteiger charge is 2.25. The Kier molecular flexibility index (Phi) is 3.24. The molecule has 0 unspecified atom stereocenters. The Bertz CT molecular complexity index is 381. The lowest BCUT2D eigenvalue weighted by Crippen LogP contribution is -2.46. The maximum atomic E-state index is 12.3. The molecular weight excluding hydrogens is 206 g/mol.